The molecule has 1 aromatic rings. The van der Waals surface area contributed by atoms with E-state index in [9.17, 15) is 5.11 Å². The van der Waals surface area contributed by atoms with Gasteiger partial charge in [-0.1, -0.05) is 0 Å². The lowest BCUT2D eigenvalue weighted by atomic mass is 10.1. The third-order valence-electron chi connectivity index (χ3n) is 2.74. The second-order valence-electron chi connectivity index (χ2n) is 4.63. The summed E-state index contributed by atoms with van der Waals surface area (Å²) >= 11 is 5.87. The fourth-order valence-corrected chi connectivity index (χ4v) is 2.01. The van der Waals surface area contributed by atoms with Gasteiger partial charge >= 0.3 is 0 Å². The van der Waals surface area contributed by atoms with Gasteiger partial charge in [-0.3, -0.25) is 0 Å². The summed E-state index contributed by atoms with van der Waals surface area (Å²) in [6.07, 6.45) is 2.36. The van der Waals surface area contributed by atoms with Crippen LogP contribution in [-0.2, 0) is 5.60 Å². The number of rotatable bonds is 2. The van der Waals surface area contributed by atoms with E-state index in [2.05, 4.69) is 14.9 Å². The molecule has 88 valence electrons. The number of nitrogens with zero attached hydrogens (tertiary/aromatic N) is 3. The predicted molar refractivity (Wildman–Crippen MR) is 63.7 cm³/mol. The minimum Gasteiger partial charge on any atom is -0.384 e. The Labute approximate surface area is 100 Å². The van der Waals surface area contributed by atoms with Gasteiger partial charge in [0, 0.05) is 19.2 Å². The molecule has 1 fully saturated rings. The maximum absolute atomic E-state index is 9.91. The Morgan fingerprint density at radius 2 is 1.94 bits per heavy atom. The summed E-state index contributed by atoms with van der Waals surface area (Å²) in [6, 6.07) is 1.82. The Morgan fingerprint density at radius 1 is 1.31 bits per heavy atom. The molecule has 0 spiro atoms. The lowest BCUT2D eigenvalue weighted by Gasteiger charge is -2.21. The second kappa shape index (κ2) is 4.18. The minimum absolute atomic E-state index is 0.196. The van der Waals surface area contributed by atoms with E-state index in [0.717, 1.165) is 18.9 Å². The Morgan fingerprint density at radius 3 is 2.50 bits per heavy atom. The number of aliphatic hydroxyl groups is 1. The largest absolute Gasteiger partial charge is 0.384 e. The molecule has 4 nitrogen and oxygen atoms in total. The molecule has 0 aliphatic carbocycles. The van der Waals surface area contributed by atoms with Gasteiger partial charge in [-0.2, -0.15) is 0 Å². The first kappa shape index (κ1) is 11.6. The van der Waals surface area contributed by atoms with Crippen LogP contribution >= 0.6 is 11.6 Å². The van der Waals surface area contributed by atoms with Crippen molar-refractivity contribution in [2.75, 3.05) is 18.0 Å². The zero-order chi connectivity index (χ0) is 11.8. The summed E-state index contributed by atoms with van der Waals surface area (Å²) in [5.74, 6) is 0.814. The lowest BCUT2D eigenvalue weighted by molar-refractivity contribution is 0.0737. The molecule has 1 aliphatic heterocycles. The van der Waals surface area contributed by atoms with Gasteiger partial charge < -0.3 is 10.0 Å². The Hall–Kier alpha value is -0.870. The number of aromatic nitrogens is 2. The summed E-state index contributed by atoms with van der Waals surface area (Å²) in [7, 11) is 0. The standard InChI is InChI=1S/C11H16ClN3O/c1-11(2,16)8-7-9(14-10(12)13-8)15-5-3-4-6-15/h7,16H,3-6H2,1-2H3. The molecule has 1 aromatic heterocycles. The third kappa shape index (κ3) is 2.44. The first-order valence-corrected chi connectivity index (χ1v) is 5.87. The van der Waals surface area contributed by atoms with Gasteiger partial charge in [0.25, 0.3) is 0 Å². The molecule has 0 aromatic carbocycles. The Bertz CT molecular complexity index is 383. The van der Waals surface area contributed by atoms with Crippen LogP contribution in [0.1, 0.15) is 32.4 Å². The van der Waals surface area contributed by atoms with Crippen LogP contribution in [-0.4, -0.2) is 28.2 Å². The van der Waals surface area contributed by atoms with Crippen LogP contribution in [0.15, 0.2) is 6.07 Å². The van der Waals surface area contributed by atoms with E-state index in [1.165, 1.54) is 12.8 Å². The van der Waals surface area contributed by atoms with Crippen LogP contribution in [0.4, 0.5) is 5.82 Å². The lowest BCUT2D eigenvalue weighted by Crippen LogP contribution is -2.23. The smallest absolute Gasteiger partial charge is 0.224 e. The molecule has 1 saturated heterocycles. The fourth-order valence-electron chi connectivity index (χ4n) is 1.83. The van der Waals surface area contributed by atoms with E-state index in [0.29, 0.717) is 5.69 Å². The van der Waals surface area contributed by atoms with E-state index in [1.807, 2.05) is 6.07 Å². The highest BCUT2D eigenvalue weighted by Gasteiger charge is 2.22. The fraction of sp³-hybridized carbons (Fsp3) is 0.636. The molecule has 0 amide bonds. The van der Waals surface area contributed by atoms with Crippen LogP contribution in [0.25, 0.3) is 0 Å². The van der Waals surface area contributed by atoms with Crippen LogP contribution in [0.3, 0.4) is 0 Å². The zero-order valence-corrected chi connectivity index (χ0v) is 10.3. The summed E-state index contributed by atoms with van der Waals surface area (Å²) in [4.78, 5) is 10.4. The summed E-state index contributed by atoms with van der Waals surface area (Å²) in [6.45, 7) is 5.39. The molecular formula is C11H16ClN3O. The van der Waals surface area contributed by atoms with Crippen molar-refractivity contribution in [1.82, 2.24) is 9.97 Å². The third-order valence-corrected chi connectivity index (χ3v) is 2.91. The molecule has 1 aliphatic rings. The Balaban J connectivity index is 2.35. The first-order chi connectivity index (χ1) is 7.47. The molecule has 2 rings (SSSR count). The monoisotopic (exact) mass is 241 g/mol. The maximum atomic E-state index is 9.91. The van der Waals surface area contributed by atoms with Crippen molar-refractivity contribution in [3.8, 4) is 0 Å². The van der Waals surface area contributed by atoms with Crippen LogP contribution < -0.4 is 4.90 Å². The SMILES string of the molecule is CC(C)(O)c1cc(N2CCCC2)nc(Cl)n1. The average molecular weight is 242 g/mol. The van der Waals surface area contributed by atoms with E-state index in [1.54, 1.807) is 13.8 Å². The van der Waals surface area contributed by atoms with Gasteiger partial charge in [0.1, 0.15) is 11.4 Å². The van der Waals surface area contributed by atoms with Gasteiger partial charge in [0.15, 0.2) is 0 Å². The molecule has 0 atom stereocenters. The molecule has 0 unspecified atom stereocenters. The molecule has 0 saturated carbocycles. The van der Waals surface area contributed by atoms with Crippen molar-refractivity contribution in [3.63, 3.8) is 0 Å². The number of hydrogen-bond donors (Lipinski definition) is 1. The highest BCUT2D eigenvalue weighted by Crippen LogP contribution is 2.25. The van der Waals surface area contributed by atoms with Gasteiger partial charge in [-0.05, 0) is 38.3 Å². The number of hydrogen-bond acceptors (Lipinski definition) is 4. The van der Waals surface area contributed by atoms with E-state index in [-0.39, 0.29) is 5.28 Å². The van der Waals surface area contributed by atoms with Crippen molar-refractivity contribution >= 4 is 17.4 Å². The topological polar surface area (TPSA) is 49.2 Å². The molecule has 0 radical (unpaired) electrons. The molecule has 16 heavy (non-hydrogen) atoms. The van der Waals surface area contributed by atoms with Crippen molar-refractivity contribution in [3.05, 3.63) is 17.0 Å². The molecular weight excluding hydrogens is 226 g/mol. The minimum atomic E-state index is -0.985. The predicted octanol–water partition coefficient (Wildman–Crippen LogP) is 1.96. The van der Waals surface area contributed by atoms with Crippen LogP contribution in [0.2, 0.25) is 5.28 Å². The molecule has 1 N–H and O–H groups in total. The van der Waals surface area contributed by atoms with Crippen molar-refractivity contribution < 1.29 is 5.11 Å². The normalized spacial score (nSPS) is 16.9. The molecule has 2 heterocycles. The van der Waals surface area contributed by atoms with Gasteiger partial charge in [-0.15, -0.1) is 0 Å². The van der Waals surface area contributed by atoms with E-state index >= 15 is 0 Å². The Kier molecular flexibility index (Phi) is 3.04. The van der Waals surface area contributed by atoms with Crippen molar-refractivity contribution in [2.24, 2.45) is 0 Å². The molecule has 0 bridgehead atoms. The first-order valence-electron chi connectivity index (χ1n) is 5.49. The van der Waals surface area contributed by atoms with Gasteiger partial charge in [0.2, 0.25) is 5.28 Å². The number of anilines is 1. The number of halogens is 1. The summed E-state index contributed by atoms with van der Waals surface area (Å²) < 4.78 is 0. The van der Waals surface area contributed by atoms with Crippen LogP contribution in [0.5, 0.6) is 0 Å². The highest BCUT2D eigenvalue weighted by atomic mass is 35.5. The maximum Gasteiger partial charge on any atom is 0.224 e. The van der Waals surface area contributed by atoms with E-state index < -0.39 is 5.60 Å². The molecule has 5 heteroatoms. The van der Waals surface area contributed by atoms with E-state index in [4.69, 9.17) is 11.6 Å². The van der Waals surface area contributed by atoms with Crippen molar-refractivity contribution in [1.29, 1.82) is 0 Å². The van der Waals surface area contributed by atoms with Crippen LogP contribution in [0, 0.1) is 0 Å². The van der Waals surface area contributed by atoms with Crippen molar-refractivity contribution in [2.45, 2.75) is 32.3 Å². The zero-order valence-electron chi connectivity index (χ0n) is 9.57. The second-order valence-corrected chi connectivity index (χ2v) is 4.97. The highest BCUT2D eigenvalue weighted by molar-refractivity contribution is 6.28. The average Bonchev–Trinajstić information content (AvgIpc) is 2.68. The summed E-state index contributed by atoms with van der Waals surface area (Å²) in [5, 5.41) is 10.1. The summed E-state index contributed by atoms with van der Waals surface area (Å²) in [5.41, 5.74) is -0.421. The quantitative estimate of drug-likeness (QED) is 0.805. The van der Waals surface area contributed by atoms with Gasteiger partial charge in [0.05, 0.1) is 5.69 Å². The van der Waals surface area contributed by atoms with Gasteiger partial charge in [-0.25, -0.2) is 9.97 Å².